The van der Waals surface area contributed by atoms with E-state index in [0.29, 0.717) is 6.10 Å². The number of nitrogens with zero attached hydrogens (tertiary/aromatic N) is 2. The molecular weight excluding hydrogens is 318 g/mol. The van der Waals surface area contributed by atoms with Gasteiger partial charge in [-0.05, 0) is 47.8 Å². The molecule has 2 heterocycles. The van der Waals surface area contributed by atoms with E-state index in [1.54, 1.807) is 7.11 Å². The number of aromatic nitrogens is 1. The molecule has 1 aliphatic heterocycles. The highest BCUT2D eigenvalue weighted by Crippen LogP contribution is 2.25. The molecule has 4 nitrogen and oxygen atoms in total. The minimum absolute atomic E-state index is 0.325. The Morgan fingerprint density at radius 3 is 3.15 bits per heavy atom. The smallest absolute Gasteiger partial charge is 0.133 e. The zero-order valence-corrected chi connectivity index (χ0v) is 13.9. The van der Waals surface area contributed by atoms with Crippen LogP contribution in [0.1, 0.15) is 31.7 Å². The van der Waals surface area contributed by atoms with Crippen LogP contribution in [-0.2, 0) is 11.3 Å². The molecule has 1 unspecified atom stereocenters. The van der Waals surface area contributed by atoms with Gasteiger partial charge in [-0.3, -0.25) is 0 Å². The van der Waals surface area contributed by atoms with E-state index < -0.39 is 0 Å². The summed E-state index contributed by atoms with van der Waals surface area (Å²) in [6.45, 7) is 6.08. The van der Waals surface area contributed by atoms with Crippen LogP contribution in [0.4, 0.5) is 5.82 Å². The van der Waals surface area contributed by atoms with Gasteiger partial charge in [-0.15, -0.1) is 0 Å². The van der Waals surface area contributed by atoms with Crippen molar-refractivity contribution >= 4 is 21.7 Å². The van der Waals surface area contributed by atoms with E-state index in [2.05, 4.69) is 44.1 Å². The molecule has 0 bridgehead atoms. The number of hydrogen-bond acceptors (Lipinski definition) is 4. The molecule has 20 heavy (non-hydrogen) atoms. The molecule has 0 amide bonds. The van der Waals surface area contributed by atoms with Crippen molar-refractivity contribution < 1.29 is 4.74 Å². The Hall–Kier alpha value is -0.650. The zero-order valence-electron chi connectivity index (χ0n) is 12.4. The van der Waals surface area contributed by atoms with E-state index in [0.717, 1.165) is 55.7 Å². The second-order valence-corrected chi connectivity index (χ2v) is 6.17. The number of piperidine rings is 1. The maximum absolute atomic E-state index is 5.51. The highest BCUT2D eigenvalue weighted by Gasteiger charge is 2.22. The van der Waals surface area contributed by atoms with Crippen LogP contribution < -0.4 is 10.2 Å². The monoisotopic (exact) mass is 341 g/mol. The molecule has 0 spiro atoms. The first-order chi connectivity index (χ1) is 9.74. The maximum atomic E-state index is 5.51. The third-order valence-corrected chi connectivity index (χ3v) is 4.10. The van der Waals surface area contributed by atoms with Gasteiger partial charge in [0.1, 0.15) is 5.82 Å². The summed E-state index contributed by atoms with van der Waals surface area (Å²) < 4.78 is 6.55. The Morgan fingerprint density at radius 2 is 2.40 bits per heavy atom. The number of pyridine rings is 1. The van der Waals surface area contributed by atoms with Gasteiger partial charge in [0, 0.05) is 43.0 Å². The largest absolute Gasteiger partial charge is 0.380 e. The number of nitrogens with one attached hydrogen (secondary N) is 1. The van der Waals surface area contributed by atoms with Crippen molar-refractivity contribution in [3.63, 3.8) is 0 Å². The predicted octanol–water partition coefficient (Wildman–Crippen LogP) is 2.96. The number of halogens is 1. The summed E-state index contributed by atoms with van der Waals surface area (Å²) >= 11 is 3.52. The van der Waals surface area contributed by atoms with E-state index >= 15 is 0 Å². The van der Waals surface area contributed by atoms with Crippen molar-refractivity contribution in [2.45, 2.75) is 38.8 Å². The Balaban J connectivity index is 2.12. The lowest BCUT2D eigenvalue weighted by Crippen LogP contribution is -2.40. The maximum Gasteiger partial charge on any atom is 0.133 e. The molecule has 1 aromatic rings. The second kappa shape index (κ2) is 7.96. The Morgan fingerprint density at radius 1 is 1.55 bits per heavy atom. The standard InChI is InChI=1S/C15H24BrN3O/c1-3-6-17-9-12-8-13(16)10-18-15(12)19-7-4-5-14(11-19)20-2/h8,10,14,17H,3-7,9,11H2,1-2H3. The van der Waals surface area contributed by atoms with Crippen LogP contribution in [0.15, 0.2) is 16.7 Å². The lowest BCUT2D eigenvalue weighted by atomic mass is 10.1. The topological polar surface area (TPSA) is 37.4 Å². The van der Waals surface area contributed by atoms with Gasteiger partial charge in [0.25, 0.3) is 0 Å². The summed E-state index contributed by atoms with van der Waals surface area (Å²) in [4.78, 5) is 6.99. The van der Waals surface area contributed by atoms with Crippen LogP contribution in [0.3, 0.4) is 0 Å². The second-order valence-electron chi connectivity index (χ2n) is 5.26. The van der Waals surface area contributed by atoms with Crippen LogP contribution in [0.5, 0.6) is 0 Å². The molecule has 5 heteroatoms. The van der Waals surface area contributed by atoms with Crippen LogP contribution in [0, 0.1) is 0 Å². The van der Waals surface area contributed by atoms with Crippen LogP contribution in [0.25, 0.3) is 0 Å². The number of anilines is 1. The molecule has 1 saturated heterocycles. The molecule has 1 atom stereocenters. The first-order valence-electron chi connectivity index (χ1n) is 7.37. The van der Waals surface area contributed by atoms with Crippen molar-refractivity contribution in [3.05, 3.63) is 22.3 Å². The summed E-state index contributed by atoms with van der Waals surface area (Å²) in [5, 5.41) is 3.46. The fraction of sp³-hybridized carbons (Fsp3) is 0.667. The fourth-order valence-corrected chi connectivity index (χ4v) is 2.99. The van der Waals surface area contributed by atoms with E-state index in [1.165, 1.54) is 5.56 Å². The van der Waals surface area contributed by atoms with Gasteiger partial charge < -0.3 is 15.0 Å². The number of hydrogen-bond donors (Lipinski definition) is 1. The summed E-state index contributed by atoms with van der Waals surface area (Å²) in [6, 6.07) is 2.17. The van der Waals surface area contributed by atoms with Crippen LogP contribution in [-0.4, -0.2) is 37.8 Å². The minimum atomic E-state index is 0.325. The minimum Gasteiger partial charge on any atom is -0.380 e. The van der Waals surface area contributed by atoms with Gasteiger partial charge in [-0.2, -0.15) is 0 Å². The molecule has 1 fully saturated rings. The molecule has 0 aliphatic carbocycles. The first-order valence-corrected chi connectivity index (χ1v) is 8.16. The number of ether oxygens (including phenoxy) is 1. The number of methoxy groups -OCH3 is 1. The van der Waals surface area contributed by atoms with Crippen molar-refractivity contribution in [2.24, 2.45) is 0 Å². The molecule has 112 valence electrons. The average Bonchev–Trinajstić information content (AvgIpc) is 2.48. The van der Waals surface area contributed by atoms with Gasteiger partial charge >= 0.3 is 0 Å². The number of rotatable bonds is 6. The molecule has 1 aliphatic rings. The highest BCUT2D eigenvalue weighted by molar-refractivity contribution is 9.10. The van der Waals surface area contributed by atoms with Crippen molar-refractivity contribution in [2.75, 3.05) is 31.6 Å². The van der Waals surface area contributed by atoms with E-state index in [1.807, 2.05) is 6.20 Å². The quantitative estimate of drug-likeness (QED) is 0.807. The summed E-state index contributed by atoms with van der Waals surface area (Å²) in [5.74, 6) is 1.10. The molecule has 0 aromatic carbocycles. The molecule has 0 radical (unpaired) electrons. The lowest BCUT2D eigenvalue weighted by Gasteiger charge is -2.34. The van der Waals surface area contributed by atoms with Gasteiger partial charge in [-0.25, -0.2) is 4.98 Å². The summed E-state index contributed by atoms with van der Waals surface area (Å²) in [5.41, 5.74) is 1.25. The van der Waals surface area contributed by atoms with E-state index in [9.17, 15) is 0 Å². The average molecular weight is 342 g/mol. The highest BCUT2D eigenvalue weighted by atomic mass is 79.9. The SMILES string of the molecule is CCCNCc1cc(Br)cnc1N1CCCC(OC)C1. The van der Waals surface area contributed by atoms with E-state index in [-0.39, 0.29) is 0 Å². The Bertz CT molecular complexity index is 428. The molecule has 0 saturated carbocycles. The van der Waals surface area contributed by atoms with Gasteiger partial charge in [0.05, 0.1) is 6.10 Å². The predicted molar refractivity (Wildman–Crippen MR) is 86.2 cm³/mol. The lowest BCUT2D eigenvalue weighted by molar-refractivity contribution is 0.0891. The van der Waals surface area contributed by atoms with Crippen molar-refractivity contribution in [3.8, 4) is 0 Å². The van der Waals surface area contributed by atoms with Gasteiger partial charge in [0.2, 0.25) is 0 Å². The summed E-state index contributed by atoms with van der Waals surface area (Å²) in [7, 11) is 1.80. The summed E-state index contributed by atoms with van der Waals surface area (Å²) in [6.07, 6.45) is 5.66. The third kappa shape index (κ3) is 4.17. The van der Waals surface area contributed by atoms with Crippen molar-refractivity contribution in [1.82, 2.24) is 10.3 Å². The Labute approximate surface area is 130 Å². The fourth-order valence-electron chi connectivity index (χ4n) is 2.61. The molecule has 2 rings (SSSR count). The normalized spacial score (nSPS) is 19.4. The van der Waals surface area contributed by atoms with E-state index in [4.69, 9.17) is 4.74 Å². The Kier molecular flexibility index (Phi) is 6.26. The molecule has 1 N–H and O–H groups in total. The third-order valence-electron chi connectivity index (χ3n) is 3.66. The van der Waals surface area contributed by atoms with Crippen LogP contribution >= 0.6 is 15.9 Å². The van der Waals surface area contributed by atoms with Crippen molar-refractivity contribution in [1.29, 1.82) is 0 Å². The first kappa shape index (κ1) is 15.7. The molecule has 1 aromatic heterocycles. The molecular formula is C15H24BrN3O. The zero-order chi connectivity index (χ0) is 14.4. The van der Waals surface area contributed by atoms with Gasteiger partial charge in [0.15, 0.2) is 0 Å². The van der Waals surface area contributed by atoms with Crippen LogP contribution in [0.2, 0.25) is 0 Å². The van der Waals surface area contributed by atoms with Gasteiger partial charge in [-0.1, -0.05) is 6.92 Å².